The van der Waals surface area contributed by atoms with Crippen LogP contribution in [0, 0.1) is 11.8 Å². The van der Waals surface area contributed by atoms with Crippen molar-refractivity contribution in [2.24, 2.45) is 17.6 Å². The van der Waals surface area contributed by atoms with Gasteiger partial charge in [0.15, 0.2) is 8.03 Å². The third-order valence-corrected chi connectivity index (χ3v) is 6.40. The number of nitrogens with two attached hydrogens (primary N) is 1. The van der Waals surface area contributed by atoms with Gasteiger partial charge in [-0.15, -0.1) is 0 Å². The fourth-order valence-corrected chi connectivity index (χ4v) is 4.82. The Morgan fingerprint density at radius 3 is 2.41 bits per heavy atom. The lowest BCUT2D eigenvalue weighted by atomic mass is 9.88. The second-order valence-electron chi connectivity index (χ2n) is 6.70. The van der Waals surface area contributed by atoms with Gasteiger partial charge >= 0.3 is 5.97 Å². The highest BCUT2D eigenvalue weighted by atomic mass is 31.1. The van der Waals surface area contributed by atoms with Gasteiger partial charge in [0.2, 0.25) is 0 Å². The molecule has 0 radical (unpaired) electrons. The van der Waals surface area contributed by atoms with Crippen LogP contribution in [0.2, 0.25) is 0 Å². The summed E-state index contributed by atoms with van der Waals surface area (Å²) in [5, 5.41) is 9.50. The second-order valence-corrected chi connectivity index (χ2v) is 8.04. The molecule has 4 atom stereocenters. The van der Waals surface area contributed by atoms with Crippen LogP contribution in [0.25, 0.3) is 0 Å². The van der Waals surface area contributed by atoms with Crippen LogP contribution in [0.1, 0.15) is 71.1 Å². The van der Waals surface area contributed by atoms with Gasteiger partial charge in [0.05, 0.1) is 11.6 Å². The maximum absolute atomic E-state index is 11.8. The Labute approximate surface area is 134 Å². The van der Waals surface area contributed by atoms with E-state index in [1.54, 1.807) is 0 Å². The van der Waals surface area contributed by atoms with Crippen LogP contribution in [-0.2, 0) is 9.36 Å². The highest BCUT2D eigenvalue weighted by Gasteiger charge is 2.36. The molecule has 0 heterocycles. The molecule has 1 rings (SSSR count). The van der Waals surface area contributed by atoms with E-state index < -0.39 is 31.6 Å². The summed E-state index contributed by atoms with van der Waals surface area (Å²) in [6.07, 6.45) is 9.66. The Balaban J connectivity index is 2.64. The lowest BCUT2D eigenvalue weighted by Crippen LogP contribution is -2.41. The lowest BCUT2D eigenvalue weighted by molar-refractivity contribution is -0.142. The molecule has 0 bridgehead atoms. The zero-order valence-electron chi connectivity index (χ0n) is 13.7. The molecule has 4 unspecified atom stereocenters. The monoisotopic (exact) mass is 333 g/mol. The summed E-state index contributed by atoms with van der Waals surface area (Å²) in [4.78, 5) is 21.2. The molecule has 6 heteroatoms. The maximum Gasteiger partial charge on any atom is 0.307 e. The average Bonchev–Trinajstić information content (AvgIpc) is 2.95. The number of carboxylic acid groups (broad SMARTS) is 1. The van der Waals surface area contributed by atoms with Crippen molar-refractivity contribution in [1.82, 2.24) is 0 Å². The van der Waals surface area contributed by atoms with Gasteiger partial charge in [0.1, 0.15) is 0 Å². The van der Waals surface area contributed by atoms with Gasteiger partial charge < -0.3 is 15.7 Å². The van der Waals surface area contributed by atoms with Crippen molar-refractivity contribution in [2.45, 2.75) is 82.8 Å². The van der Waals surface area contributed by atoms with Gasteiger partial charge in [-0.3, -0.25) is 9.36 Å². The Bertz CT molecular complexity index is 358. The van der Waals surface area contributed by atoms with E-state index >= 15 is 0 Å². The predicted octanol–water partition coefficient (Wildman–Crippen LogP) is 3.40. The molecule has 4 N–H and O–H groups in total. The van der Waals surface area contributed by atoms with Gasteiger partial charge in [-0.05, 0) is 25.2 Å². The van der Waals surface area contributed by atoms with Crippen LogP contribution in [0.15, 0.2) is 0 Å². The van der Waals surface area contributed by atoms with Gasteiger partial charge in [-0.25, -0.2) is 0 Å². The molecule has 0 aromatic carbocycles. The van der Waals surface area contributed by atoms with E-state index in [1.165, 1.54) is 12.8 Å². The van der Waals surface area contributed by atoms with E-state index in [4.69, 9.17) is 5.73 Å². The van der Waals surface area contributed by atoms with E-state index in [2.05, 4.69) is 6.92 Å². The van der Waals surface area contributed by atoms with E-state index in [-0.39, 0.29) is 0 Å². The lowest BCUT2D eigenvalue weighted by Gasteiger charge is -2.27. The topological polar surface area (TPSA) is 101 Å². The van der Waals surface area contributed by atoms with E-state index in [0.717, 1.165) is 38.5 Å². The Morgan fingerprint density at radius 2 is 1.91 bits per heavy atom. The Morgan fingerprint density at radius 1 is 1.27 bits per heavy atom. The normalized spacial score (nSPS) is 21.4. The van der Waals surface area contributed by atoms with E-state index in [0.29, 0.717) is 18.8 Å². The summed E-state index contributed by atoms with van der Waals surface area (Å²) in [6, 6.07) is -0.493. The number of hydrogen-bond donors (Lipinski definition) is 3. The third kappa shape index (κ3) is 6.39. The summed E-state index contributed by atoms with van der Waals surface area (Å²) < 4.78 is 11.8. The number of hydrogen-bond acceptors (Lipinski definition) is 3. The van der Waals surface area contributed by atoms with Crippen molar-refractivity contribution in [2.75, 3.05) is 0 Å². The summed E-state index contributed by atoms with van der Waals surface area (Å²) >= 11 is 0. The average molecular weight is 333 g/mol. The number of rotatable bonds is 11. The van der Waals surface area contributed by atoms with Crippen LogP contribution in [0.5, 0.6) is 0 Å². The minimum absolute atomic E-state index is 0.475. The van der Waals surface area contributed by atoms with Crippen molar-refractivity contribution in [3.05, 3.63) is 0 Å². The molecule has 0 spiro atoms. The minimum Gasteiger partial charge on any atom is -0.481 e. The first-order valence-electron chi connectivity index (χ1n) is 8.68. The van der Waals surface area contributed by atoms with Crippen LogP contribution < -0.4 is 5.73 Å². The van der Waals surface area contributed by atoms with Crippen molar-refractivity contribution in [1.29, 1.82) is 0 Å². The smallest absolute Gasteiger partial charge is 0.307 e. The van der Waals surface area contributed by atoms with Crippen molar-refractivity contribution in [3.8, 4) is 0 Å². The number of aliphatic carboxylic acids is 1. The summed E-state index contributed by atoms with van der Waals surface area (Å²) in [6.45, 7) is 2.08. The third-order valence-electron chi connectivity index (χ3n) is 5.00. The molecule has 0 aromatic heterocycles. The molecule has 1 saturated carbocycles. The molecule has 22 heavy (non-hydrogen) atoms. The van der Waals surface area contributed by atoms with Crippen molar-refractivity contribution in [3.63, 3.8) is 0 Å². The predicted molar refractivity (Wildman–Crippen MR) is 89.4 cm³/mol. The van der Waals surface area contributed by atoms with Crippen LogP contribution >= 0.6 is 8.03 Å². The molecule has 0 aromatic rings. The van der Waals surface area contributed by atoms with Crippen molar-refractivity contribution < 1.29 is 19.4 Å². The molecule has 1 aliphatic rings. The molecule has 5 nitrogen and oxygen atoms in total. The summed E-state index contributed by atoms with van der Waals surface area (Å²) in [5.41, 5.74) is 5.29. The highest BCUT2D eigenvalue weighted by molar-refractivity contribution is 7.39. The standard InChI is InChI=1S/C16H32NO4P/c1-2-3-4-9-14(17)15(22(20)21)13(16(18)19)11-10-12-7-5-6-8-12/h12-15,22H,2-11,17H2,1H3,(H,18,19)(H,20,21). The summed E-state index contributed by atoms with van der Waals surface area (Å²) in [5.74, 6) is -1.17. The van der Waals surface area contributed by atoms with Crippen molar-refractivity contribution >= 4 is 14.0 Å². The maximum atomic E-state index is 11.8. The number of unbranched alkanes of at least 4 members (excludes halogenated alkanes) is 2. The Hall–Kier alpha value is -0.380. The molecule has 130 valence electrons. The fraction of sp³-hybridized carbons (Fsp3) is 0.938. The molecule has 0 aliphatic heterocycles. The SMILES string of the molecule is CCCCCC(N)C(C(CCC1CCCC1)C(=O)O)[PH](=O)O. The van der Waals surface area contributed by atoms with Crippen LogP contribution in [0.4, 0.5) is 0 Å². The first-order chi connectivity index (χ1) is 10.5. The first kappa shape index (κ1) is 19.7. The van der Waals surface area contributed by atoms with E-state index in [9.17, 15) is 19.4 Å². The van der Waals surface area contributed by atoms with Gasteiger partial charge in [0.25, 0.3) is 0 Å². The van der Waals surface area contributed by atoms with E-state index in [1.807, 2.05) is 0 Å². The molecular weight excluding hydrogens is 301 g/mol. The quantitative estimate of drug-likeness (QED) is 0.397. The fourth-order valence-electron chi connectivity index (χ4n) is 3.63. The highest BCUT2D eigenvalue weighted by Crippen LogP contribution is 2.38. The molecule has 1 aliphatic carbocycles. The summed E-state index contributed by atoms with van der Waals surface area (Å²) in [7, 11) is -2.95. The van der Waals surface area contributed by atoms with Gasteiger partial charge in [-0.2, -0.15) is 0 Å². The molecule has 0 saturated heterocycles. The molecule has 0 amide bonds. The zero-order valence-corrected chi connectivity index (χ0v) is 14.7. The molecule has 1 fully saturated rings. The van der Waals surface area contributed by atoms with Crippen LogP contribution in [0.3, 0.4) is 0 Å². The van der Waals surface area contributed by atoms with Gasteiger partial charge in [0, 0.05) is 6.04 Å². The van der Waals surface area contributed by atoms with Gasteiger partial charge in [-0.1, -0.05) is 51.9 Å². The van der Waals surface area contributed by atoms with Crippen LogP contribution in [-0.4, -0.2) is 27.7 Å². The zero-order chi connectivity index (χ0) is 16.5. The largest absolute Gasteiger partial charge is 0.481 e. The number of carbonyl (C=O) groups is 1. The first-order valence-corrected chi connectivity index (χ1v) is 10.1. The Kier molecular flexibility index (Phi) is 9.30. The second kappa shape index (κ2) is 10.4. The minimum atomic E-state index is -2.95. The molecular formula is C16H32NO4P. The number of carboxylic acids is 1.